The van der Waals surface area contributed by atoms with Crippen LogP contribution in [0.25, 0.3) is 0 Å². The van der Waals surface area contributed by atoms with E-state index in [1.807, 2.05) is 25.2 Å². The first-order valence-corrected chi connectivity index (χ1v) is 7.63. The van der Waals surface area contributed by atoms with Crippen molar-refractivity contribution in [2.45, 2.75) is 18.6 Å². The summed E-state index contributed by atoms with van der Waals surface area (Å²) in [5, 5.41) is 3.21. The lowest BCUT2D eigenvalue weighted by atomic mass is 10.2. The zero-order chi connectivity index (χ0) is 14.0. The summed E-state index contributed by atoms with van der Waals surface area (Å²) in [6.45, 7) is 2.12. The van der Waals surface area contributed by atoms with Crippen LogP contribution in [0.4, 0.5) is 11.4 Å². The van der Waals surface area contributed by atoms with Crippen LogP contribution in [-0.2, 0) is 9.59 Å². The number of amides is 1. The van der Waals surface area contributed by atoms with Crippen LogP contribution in [0.2, 0.25) is 0 Å². The monoisotopic (exact) mass is 342 g/mol. The maximum atomic E-state index is 12.1. The molecule has 1 aliphatic heterocycles. The molecule has 1 aromatic carbocycles. The number of rotatable bonds is 3. The van der Waals surface area contributed by atoms with Crippen LogP contribution in [0.1, 0.15) is 13.3 Å². The highest BCUT2D eigenvalue weighted by Gasteiger charge is 2.32. The molecule has 2 rings (SSSR count). The maximum Gasteiger partial charge on any atom is 0.228 e. The maximum absolute atomic E-state index is 12.1. The number of nitrogens with zero attached hydrogens (tertiary/aromatic N) is 1. The molecule has 1 amide bonds. The van der Waals surface area contributed by atoms with Crippen molar-refractivity contribution in [3.63, 3.8) is 0 Å². The van der Waals surface area contributed by atoms with Gasteiger partial charge in [0.1, 0.15) is 0 Å². The average Bonchev–Trinajstić information content (AvgIpc) is 2.69. The van der Waals surface area contributed by atoms with E-state index in [1.165, 1.54) is 18.7 Å². The first kappa shape index (κ1) is 14.4. The van der Waals surface area contributed by atoms with Crippen molar-refractivity contribution in [2.24, 2.45) is 0 Å². The summed E-state index contributed by atoms with van der Waals surface area (Å²) in [4.78, 5) is 25.0. The van der Waals surface area contributed by atoms with Crippen molar-refractivity contribution in [3.05, 3.63) is 22.7 Å². The van der Waals surface area contributed by atoms with Crippen LogP contribution < -0.4 is 10.2 Å². The van der Waals surface area contributed by atoms with E-state index in [4.69, 9.17) is 0 Å². The van der Waals surface area contributed by atoms with Crippen molar-refractivity contribution >= 4 is 50.1 Å². The standard InChI is InChI=1S/C13H15BrN2O2S/c1-8(17)19-10-6-13(18)16(7-10)12-4-3-9(14)5-11(12)15-2/h3-5,10,15H,6-7H2,1-2H3. The molecule has 6 heteroatoms. The Balaban J connectivity index is 2.23. The second-order valence-corrected chi connectivity index (χ2v) is 6.74. The van der Waals surface area contributed by atoms with Crippen LogP contribution in [0.15, 0.2) is 22.7 Å². The number of benzene rings is 1. The van der Waals surface area contributed by atoms with E-state index >= 15 is 0 Å². The minimum atomic E-state index is 0.0540. The molecule has 1 N–H and O–H groups in total. The topological polar surface area (TPSA) is 49.4 Å². The van der Waals surface area contributed by atoms with Gasteiger partial charge in [0.2, 0.25) is 5.91 Å². The molecule has 1 aliphatic rings. The fraction of sp³-hybridized carbons (Fsp3) is 0.385. The van der Waals surface area contributed by atoms with E-state index in [0.29, 0.717) is 13.0 Å². The van der Waals surface area contributed by atoms with Gasteiger partial charge in [0.25, 0.3) is 0 Å². The first-order chi connectivity index (χ1) is 9.01. The fourth-order valence-corrected chi connectivity index (χ4v) is 3.45. The van der Waals surface area contributed by atoms with Crippen LogP contribution in [0.5, 0.6) is 0 Å². The number of halogens is 1. The summed E-state index contributed by atoms with van der Waals surface area (Å²) in [5.74, 6) is 0.0672. The number of carbonyl (C=O) groups excluding carboxylic acids is 2. The summed E-state index contributed by atoms with van der Waals surface area (Å²) in [5.41, 5.74) is 1.76. The van der Waals surface area contributed by atoms with Gasteiger partial charge in [-0.3, -0.25) is 9.59 Å². The first-order valence-electron chi connectivity index (χ1n) is 5.96. The van der Waals surface area contributed by atoms with Crippen molar-refractivity contribution in [1.29, 1.82) is 0 Å². The molecule has 4 nitrogen and oxygen atoms in total. The molecular weight excluding hydrogens is 328 g/mol. The summed E-state index contributed by atoms with van der Waals surface area (Å²) >= 11 is 4.66. The van der Waals surface area contributed by atoms with E-state index in [0.717, 1.165) is 15.8 Å². The Bertz CT molecular complexity index is 521. The highest BCUT2D eigenvalue weighted by atomic mass is 79.9. The third-order valence-corrected chi connectivity index (χ3v) is 4.42. The smallest absolute Gasteiger partial charge is 0.228 e. The van der Waals surface area contributed by atoms with Crippen molar-refractivity contribution in [3.8, 4) is 0 Å². The Hall–Kier alpha value is -1.01. The molecule has 0 aromatic heterocycles. The minimum Gasteiger partial charge on any atom is -0.386 e. The van der Waals surface area contributed by atoms with Gasteiger partial charge in [-0.05, 0) is 18.2 Å². The summed E-state index contributed by atoms with van der Waals surface area (Å²) < 4.78 is 0.960. The van der Waals surface area contributed by atoms with Gasteiger partial charge in [0.15, 0.2) is 5.12 Å². The van der Waals surface area contributed by atoms with Gasteiger partial charge in [-0.2, -0.15) is 0 Å². The number of carbonyl (C=O) groups is 2. The lowest BCUT2D eigenvalue weighted by Crippen LogP contribution is -2.25. The fourth-order valence-electron chi connectivity index (χ4n) is 2.17. The SMILES string of the molecule is CNc1cc(Br)ccc1N1CC(SC(C)=O)CC1=O. The molecule has 0 bridgehead atoms. The molecule has 0 aliphatic carbocycles. The molecule has 0 saturated carbocycles. The van der Waals surface area contributed by atoms with E-state index in [9.17, 15) is 9.59 Å². The van der Waals surface area contributed by atoms with Crippen LogP contribution in [0, 0.1) is 0 Å². The highest BCUT2D eigenvalue weighted by Crippen LogP contribution is 2.34. The zero-order valence-corrected chi connectivity index (χ0v) is 13.2. The number of hydrogen-bond acceptors (Lipinski definition) is 4. The van der Waals surface area contributed by atoms with Crippen LogP contribution in [0.3, 0.4) is 0 Å². The Labute approximate surface area is 125 Å². The van der Waals surface area contributed by atoms with Crippen LogP contribution >= 0.6 is 27.7 Å². The van der Waals surface area contributed by atoms with E-state index in [2.05, 4.69) is 21.2 Å². The molecule has 1 aromatic rings. The largest absolute Gasteiger partial charge is 0.386 e. The highest BCUT2D eigenvalue weighted by molar-refractivity contribution is 9.10. The predicted octanol–water partition coefficient (Wildman–Crippen LogP) is 2.88. The second kappa shape index (κ2) is 5.96. The number of hydrogen-bond donors (Lipinski definition) is 1. The molecule has 1 fully saturated rings. The third kappa shape index (κ3) is 3.30. The molecule has 0 spiro atoms. The summed E-state index contributed by atoms with van der Waals surface area (Å²) in [6, 6.07) is 5.76. The molecule has 1 atom stereocenters. The molecule has 1 heterocycles. The number of thioether (sulfide) groups is 1. The summed E-state index contributed by atoms with van der Waals surface area (Å²) in [6.07, 6.45) is 0.420. The Morgan fingerprint density at radius 2 is 2.26 bits per heavy atom. The zero-order valence-electron chi connectivity index (χ0n) is 10.8. The average molecular weight is 343 g/mol. The van der Waals surface area contributed by atoms with Crippen molar-refractivity contribution in [1.82, 2.24) is 0 Å². The predicted molar refractivity (Wildman–Crippen MR) is 82.7 cm³/mol. The lowest BCUT2D eigenvalue weighted by Gasteiger charge is -2.20. The molecule has 1 saturated heterocycles. The second-order valence-electron chi connectivity index (χ2n) is 4.35. The lowest BCUT2D eigenvalue weighted by molar-refractivity contribution is -0.117. The van der Waals surface area contributed by atoms with Gasteiger partial charge < -0.3 is 10.2 Å². The third-order valence-electron chi connectivity index (χ3n) is 2.94. The number of nitrogens with one attached hydrogen (secondary N) is 1. The Morgan fingerprint density at radius 3 is 2.89 bits per heavy atom. The van der Waals surface area contributed by atoms with Gasteiger partial charge in [0.05, 0.1) is 11.4 Å². The van der Waals surface area contributed by atoms with Gasteiger partial charge in [-0.1, -0.05) is 27.7 Å². The van der Waals surface area contributed by atoms with Crippen molar-refractivity contribution < 1.29 is 9.59 Å². The van der Waals surface area contributed by atoms with Crippen molar-refractivity contribution in [2.75, 3.05) is 23.8 Å². The van der Waals surface area contributed by atoms with Gasteiger partial charge >= 0.3 is 0 Å². The quantitative estimate of drug-likeness (QED) is 0.917. The normalized spacial score (nSPS) is 18.8. The van der Waals surface area contributed by atoms with E-state index < -0.39 is 0 Å². The summed E-state index contributed by atoms with van der Waals surface area (Å²) in [7, 11) is 1.83. The number of anilines is 2. The Kier molecular flexibility index (Phi) is 4.52. The van der Waals surface area contributed by atoms with Gasteiger partial charge in [-0.25, -0.2) is 0 Å². The van der Waals surface area contributed by atoms with Gasteiger partial charge in [-0.15, -0.1) is 0 Å². The molecule has 1 unspecified atom stereocenters. The molecule has 0 radical (unpaired) electrons. The molecular formula is C13H15BrN2O2S. The molecule has 19 heavy (non-hydrogen) atoms. The van der Waals surface area contributed by atoms with Gasteiger partial charge in [0, 0.05) is 36.7 Å². The van der Waals surface area contributed by atoms with E-state index in [1.54, 1.807) is 4.90 Å². The molecule has 102 valence electrons. The minimum absolute atomic E-state index is 0.0540. The van der Waals surface area contributed by atoms with E-state index in [-0.39, 0.29) is 16.3 Å². The van der Waals surface area contributed by atoms with Crippen LogP contribution in [-0.4, -0.2) is 29.9 Å². The Morgan fingerprint density at radius 1 is 1.53 bits per heavy atom.